The maximum absolute atomic E-state index is 13.3. The Morgan fingerprint density at radius 2 is 1.68 bits per heavy atom. The molecule has 0 bridgehead atoms. The number of nitrogens with one attached hydrogen (secondary N) is 2. The summed E-state index contributed by atoms with van der Waals surface area (Å²) in [6.07, 6.45) is 2.06. The van der Waals surface area contributed by atoms with E-state index in [9.17, 15) is 18.0 Å². The van der Waals surface area contributed by atoms with Crippen molar-refractivity contribution in [2.75, 3.05) is 22.7 Å². The number of amides is 2. The van der Waals surface area contributed by atoms with Gasteiger partial charge in [-0.3, -0.25) is 13.9 Å². The molecule has 0 saturated carbocycles. The van der Waals surface area contributed by atoms with Gasteiger partial charge in [-0.15, -0.1) is 0 Å². The molecule has 1 aliphatic rings. The SMILES string of the molecule is Cc1ccc(S(=O)(=O)N2CCCc3ccc(NC(=O)C(=O)NCCc4ccccc4)cc32)cc1. The van der Waals surface area contributed by atoms with Crippen LogP contribution in [-0.2, 0) is 32.5 Å². The molecule has 8 heteroatoms. The molecule has 3 aromatic rings. The van der Waals surface area contributed by atoms with Gasteiger partial charge in [0.2, 0.25) is 0 Å². The minimum absolute atomic E-state index is 0.221. The summed E-state index contributed by atoms with van der Waals surface area (Å²) in [6, 6.07) is 21.5. The van der Waals surface area contributed by atoms with Crippen LogP contribution in [-0.4, -0.2) is 33.3 Å². The maximum atomic E-state index is 13.3. The van der Waals surface area contributed by atoms with Crippen molar-refractivity contribution in [1.82, 2.24) is 5.32 Å². The highest BCUT2D eigenvalue weighted by Gasteiger charge is 2.29. The third-order valence-electron chi connectivity index (χ3n) is 5.78. The van der Waals surface area contributed by atoms with E-state index < -0.39 is 21.8 Å². The first-order valence-corrected chi connectivity index (χ1v) is 12.6. The fraction of sp³-hybridized carbons (Fsp3) is 0.231. The summed E-state index contributed by atoms with van der Waals surface area (Å²) < 4.78 is 28.0. The number of nitrogens with zero attached hydrogens (tertiary/aromatic N) is 1. The van der Waals surface area contributed by atoms with E-state index in [-0.39, 0.29) is 4.90 Å². The monoisotopic (exact) mass is 477 g/mol. The number of hydrogen-bond donors (Lipinski definition) is 2. The van der Waals surface area contributed by atoms with Crippen LogP contribution in [0.2, 0.25) is 0 Å². The van der Waals surface area contributed by atoms with Gasteiger partial charge >= 0.3 is 11.8 Å². The maximum Gasteiger partial charge on any atom is 0.313 e. The van der Waals surface area contributed by atoms with E-state index in [1.807, 2.05) is 37.3 Å². The van der Waals surface area contributed by atoms with Gasteiger partial charge in [0.05, 0.1) is 10.6 Å². The molecule has 1 heterocycles. The van der Waals surface area contributed by atoms with Crippen molar-refractivity contribution in [1.29, 1.82) is 0 Å². The average molecular weight is 478 g/mol. The molecule has 0 unspecified atom stereocenters. The lowest BCUT2D eigenvalue weighted by molar-refractivity contribution is -0.136. The predicted octanol–water partition coefficient (Wildman–Crippen LogP) is 3.43. The van der Waals surface area contributed by atoms with Crippen molar-refractivity contribution >= 4 is 33.2 Å². The van der Waals surface area contributed by atoms with Crippen LogP contribution in [0.4, 0.5) is 11.4 Å². The van der Waals surface area contributed by atoms with Crippen molar-refractivity contribution in [2.45, 2.75) is 31.1 Å². The molecule has 34 heavy (non-hydrogen) atoms. The molecule has 0 aromatic heterocycles. The molecular weight excluding hydrogens is 450 g/mol. The highest BCUT2D eigenvalue weighted by atomic mass is 32.2. The average Bonchev–Trinajstić information content (AvgIpc) is 2.84. The third kappa shape index (κ3) is 5.28. The molecule has 176 valence electrons. The first kappa shape index (κ1) is 23.5. The fourth-order valence-corrected chi connectivity index (χ4v) is 5.47. The van der Waals surface area contributed by atoms with Crippen LogP contribution >= 0.6 is 0 Å². The topological polar surface area (TPSA) is 95.6 Å². The van der Waals surface area contributed by atoms with E-state index in [0.29, 0.717) is 37.3 Å². The van der Waals surface area contributed by atoms with E-state index in [2.05, 4.69) is 10.6 Å². The summed E-state index contributed by atoms with van der Waals surface area (Å²) in [5.41, 5.74) is 3.81. The molecule has 3 aromatic carbocycles. The zero-order chi connectivity index (χ0) is 24.1. The molecule has 0 aliphatic carbocycles. The van der Waals surface area contributed by atoms with Gasteiger partial charge in [-0.05, 0) is 61.6 Å². The van der Waals surface area contributed by atoms with Crippen LogP contribution in [0.25, 0.3) is 0 Å². The molecule has 2 N–H and O–H groups in total. The van der Waals surface area contributed by atoms with E-state index in [1.54, 1.807) is 42.5 Å². The van der Waals surface area contributed by atoms with Crippen LogP contribution in [0.1, 0.15) is 23.1 Å². The highest BCUT2D eigenvalue weighted by Crippen LogP contribution is 2.34. The Hall–Kier alpha value is -3.65. The first-order chi connectivity index (χ1) is 16.3. The quantitative estimate of drug-likeness (QED) is 0.532. The third-order valence-corrected chi connectivity index (χ3v) is 7.60. The number of anilines is 2. The predicted molar refractivity (Wildman–Crippen MR) is 132 cm³/mol. The Bertz CT molecular complexity index is 1290. The van der Waals surface area contributed by atoms with Gasteiger partial charge < -0.3 is 10.6 Å². The molecule has 1 aliphatic heterocycles. The van der Waals surface area contributed by atoms with Crippen molar-refractivity contribution in [2.24, 2.45) is 0 Å². The van der Waals surface area contributed by atoms with Crippen molar-refractivity contribution in [3.8, 4) is 0 Å². The summed E-state index contributed by atoms with van der Waals surface area (Å²) in [5, 5.41) is 5.20. The molecule has 0 atom stereocenters. The molecule has 0 saturated heterocycles. The first-order valence-electron chi connectivity index (χ1n) is 11.2. The second-order valence-electron chi connectivity index (χ2n) is 8.28. The van der Waals surface area contributed by atoms with Gasteiger partial charge in [0, 0.05) is 18.8 Å². The Morgan fingerprint density at radius 1 is 0.941 bits per heavy atom. The number of aryl methyl sites for hydroxylation is 2. The van der Waals surface area contributed by atoms with Crippen molar-refractivity contribution < 1.29 is 18.0 Å². The van der Waals surface area contributed by atoms with Crippen LogP contribution in [0.3, 0.4) is 0 Å². The smallest absolute Gasteiger partial charge is 0.313 e. The highest BCUT2D eigenvalue weighted by molar-refractivity contribution is 7.92. The number of carbonyl (C=O) groups excluding carboxylic acids is 2. The molecule has 0 fully saturated rings. The number of fused-ring (bicyclic) bond motifs is 1. The number of hydrogen-bond acceptors (Lipinski definition) is 4. The van der Waals surface area contributed by atoms with E-state index in [1.165, 1.54) is 4.31 Å². The normalized spacial score (nSPS) is 13.1. The summed E-state index contributed by atoms with van der Waals surface area (Å²) in [4.78, 5) is 24.9. The largest absolute Gasteiger partial charge is 0.347 e. The van der Waals surface area contributed by atoms with Gasteiger partial charge in [0.15, 0.2) is 0 Å². The zero-order valence-corrected chi connectivity index (χ0v) is 19.8. The van der Waals surface area contributed by atoms with Crippen LogP contribution in [0.5, 0.6) is 0 Å². The fourth-order valence-electron chi connectivity index (χ4n) is 3.94. The minimum Gasteiger partial charge on any atom is -0.347 e. The standard InChI is InChI=1S/C26H27N3O4S/c1-19-9-13-23(14-10-19)34(32,33)29-17-5-8-21-11-12-22(18-24(21)29)28-26(31)25(30)27-16-15-20-6-3-2-4-7-20/h2-4,6-7,9-14,18H,5,8,15-17H2,1H3,(H,27,30)(H,28,31). The minimum atomic E-state index is -3.75. The molecule has 7 nitrogen and oxygen atoms in total. The van der Waals surface area contributed by atoms with Gasteiger partial charge in [-0.2, -0.15) is 0 Å². The lowest BCUT2D eigenvalue weighted by Crippen LogP contribution is -2.37. The summed E-state index contributed by atoms with van der Waals surface area (Å²) in [6.45, 7) is 2.59. The number of rotatable bonds is 6. The Morgan fingerprint density at radius 3 is 2.41 bits per heavy atom. The lowest BCUT2D eigenvalue weighted by atomic mass is 10.0. The zero-order valence-electron chi connectivity index (χ0n) is 19.0. The lowest BCUT2D eigenvalue weighted by Gasteiger charge is -2.31. The number of carbonyl (C=O) groups is 2. The Balaban J connectivity index is 1.46. The van der Waals surface area contributed by atoms with Gasteiger partial charge in [0.1, 0.15) is 0 Å². The second-order valence-corrected chi connectivity index (χ2v) is 10.1. The van der Waals surface area contributed by atoms with Gasteiger partial charge in [-0.25, -0.2) is 8.42 Å². The van der Waals surface area contributed by atoms with Crippen molar-refractivity contribution in [3.05, 3.63) is 89.5 Å². The Labute approximate surface area is 199 Å². The van der Waals surface area contributed by atoms with Crippen LogP contribution < -0.4 is 14.9 Å². The Kier molecular flexibility index (Phi) is 6.98. The van der Waals surface area contributed by atoms with Crippen LogP contribution in [0, 0.1) is 6.92 Å². The van der Waals surface area contributed by atoms with Gasteiger partial charge in [-0.1, -0.05) is 54.1 Å². The van der Waals surface area contributed by atoms with E-state index in [0.717, 1.165) is 23.1 Å². The molecular formula is C26H27N3O4S. The summed E-state index contributed by atoms with van der Waals surface area (Å²) in [5.74, 6) is -1.53. The molecule has 0 radical (unpaired) electrons. The van der Waals surface area contributed by atoms with E-state index in [4.69, 9.17) is 0 Å². The van der Waals surface area contributed by atoms with Gasteiger partial charge in [0.25, 0.3) is 10.0 Å². The number of benzene rings is 3. The molecule has 4 rings (SSSR count). The van der Waals surface area contributed by atoms with E-state index >= 15 is 0 Å². The molecule has 2 amide bonds. The summed E-state index contributed by atoms with van der Waals surface area (Å²) in [7, 11) is -3.75. The van der Waals surface area contributed by atoms with Crippen LogP contribution in [0.15, 0.2) is 77.7 Å². The number of sulfonamides is 1. The summed E-state index contributed by atoms with van der Waals surface area (Å²) >= 11 is 0. The molecule has 0 spiro atoms. The second kappa shape index (κ2) is 10.1. The van der Waals surface area contributed by atoms with Crippen molar-refractivity contribution in [3.63, 3.8) is 0 Å².